The molecule has 2 rings (SSSR count). The van der Waals surface area contributed by atoms with E-state index in [-0.39, 0.29) is 35.6 Å². The van der Waals surface area contributed by atoms with Crippen molar-refractivity contribution in [1.29, 1.82) is 0 Å². The molecule has 24 heavy (non-hydrogen) atoms. The number of fused-ring (bicyclic) bond motifs is 1. The van der Waals surface area contributed by atoms with E-state index < -0.39 is 17.4 Å². The molecular weight excluding hydrogens is 312 g/mol. The molecule has 0 aliphatic heterocycles. The normalized spacial score (nSPS) is 17.0. The highest BCUT2D eigenvalue weighted by atomic mass is 16.4. The van der Waals surface area contributed by atoms with Crippen LogP contribution in [0, 0.1) is 11.3 Å². The van der Waals surface area contributed by atoms with Gasteiger partial charge in [-0.1, -0.05) is 20.8 Å². The van der Waals surface area contributed by atoms with Crippen molar-refractivity contribution in [3.63, 3.8) is 0 Å². The molecule has 0 aromatic carbocycles. The van der Waals surface area contributed by atoms with Gasteiger partial charge in [-0.25, -0.2) is 0 Å². The monoisotopic (exact) mass is 334 g/mol. The molecule has 1 aromatic rings. The zero-order valence-corrected chi connectivity index (χ0v) is 14.1. The maximum Gasteiger partial charge on any atom is 0.303 e. The Balaban J connectivity index is 2.19. The number of rotatable bonds is 5. The number of nitrogens with one attached hydrogen (secondary N) is 2. The molecule has 0 saturated carbocycles. The van der Waals surface area contributed by atoms with Crippen molar-refractivity contribution < 1.29 is 19.5 Å². The Hall–Kier alpha value is -2.44. The van der Waals surface area contributed by atoms with Gasteiger partial charge in [-0.3, -0.25) is 19.2 Å². The van der Waals surface area contributed by atoms with Crippen LogP contribution >= 0.6 is 0 Å². The second-order valence-corrected chi connectivity index (χ2v) is 7.26. The molecule has 0 saturated heterocycles. The first-order chi connectivity index (χ1) is 11.1. The first-order valence-corrected chi connectivity index (χ1v) is 7.88. The summed E-state index contributed by atoms with van der Waals surface area (Å²) in [5, 5.41) is 11.3. The van der Waals surface area contributed by atoms with Gasteiger partial charge in [-0.2, -0.15) is 0 Å². The predicted octanol–water partition coefficient (Wildman–Crippen LogP) is 1.37. The number of aliphatic carboxylic acids is 1. The van der Waals surface area contributed by atoms with Crippen LogP contribution in [0.2, 0.25) is 0 Å². The van der Waals surface area contributed by atoms with E-state index in [9.17, 15) is 19.2 Å². The number of aromatic amines is 1. The van der Waals surface area contributed by atoms with Gasteiger partial charge in [-0.15, -0.1) is 0 Å². The lowest BCUT2D eigenvalue weighted by atomic mass is 9.75. The summed E-state index contributed by atoms with van der Waals surface area (Å²) < 4.78 is 0. The third-order valence-electron chi connectivity index (χ3n) is 4.10. The number of hydrogen-bond donors (Lipinski definition) is 3. The summed E-state index contributed by atoms with van der Waals surface area (Å²) in [6.07, 6.45) is 0.859. The lowest BCUT2D eigenvalue weighted by molar-refractivity contribution is -0.137. The first kappa shape index (κ1) is 17.9. The quantitative estimate of drug-likeness (QED) is 0.752. The number of carboxylic acids is 1. The maximum atomic E-state index is 12.3. The first-order valence-electron chi connectivity index (χ1n) is 7.88. The second kappa shape index (κ2) is 6.59. The third kappa shape index (κ3) is 4.10. The van der Waals surface area contributed by atoms with E-state index in [1.807, 2.05) is 13.8 Å². The summed E-state index contributed by atoms with van der Waals surface area (Å²) in [6, 6.07) is 1.35. The molecule has 1 aromatic heterocycles. The van der Waals surface area contributed by atoms with Crippen LogP contribution < -0.4 is 10.9 Å². The van der Waals surface area contributed by atoms with E-state index in [4.69, 9.17) is 5.11 Å². The fourth-order valence-electron chi connectivity index (χ4n) is 2.93. The summed E-state index contributed by atoms with van der Waals surface area (Å²) in [6.45, 7) is 5.74. The van der Waals surface area contributed by atoms with Crippen molar-refractivity contribution in [3.05, 3.63) is 33.2 Å². The largest absolute Gasteiger partial charge is 0.481 e. The third-order valence-corrected chi connectivity index (χ3v) is 4.10. The fraction of sp³-hybridized carbons (Fsp3) is 0.529. The van der Waals surface area contributed by atoms with E-state index in [1.165, 1.54) is 6.07 Å². The topological polar surface area (TPSA) is 116 Å². The number of hydrogen-bond acceptors (Lipinski definition) is 4. The van der Waals surface area contributed by atoms with Gasteiger partial charge >= 0.3 is 5.97 Å². The molecule has 1 heterocycles. The SMILES string of the molecule is CC(CNC(=O)c1cc2c([nH]c1=O)CC(C)(C)CC2=O)CC(=O)O. The van der Waals surface area contributed by atoms with Crippen molar-refractivity contribution in [1.82, 2.24) is 10.3 Å². The van der Waals surface area contributed by atoms with Crippen molar-refractivity contribution in [2.45, 2.75) is 40.0 Å². The number of pyridine rings is 1. The number of carbonyl (C=O) groups excluding carboxylic acids is 2. The number of carbonyl (C=O) groups is 3. The molecule has 0 radical (unpaired) electrons. The highest BCUT2D eigenvalue weighted by Gasteiger charge is 2.32. The van der Waals surface area contributed by atoms with Crippen LogP contribution in [-0.4, -0.2) is 34.3 Å². The highest BCUT2D eigenvalue weighted by Crippen LogP contribution is 2.33. The molecule has 7 heteroatoms. The number of carboxylic acid groups (broad SMARTS) is 1. The van der Waals surface area contributed by atoms with Gasteiger partial charge in [0.2, 0.25) is 0 Å². The molecule has 3 N–H and O–H groups in total. The summed E-state index contributed by atoms with van der Waals surface area (Å²) in [5.74, 6) is -1.90. The average molecular weight is 334 g/mol. The molecule has 130 valence electrons. The Kier molecular flexibility index (Phi) is 4.91. The minimum absolute atomic E-state index is 0.0750. The minimum Gasteiger partial charge on any atom is -0.481 e. The Morgan fingerprint density at radius 1 is 1.33 bits per heavy atom. The van der Waals surface area contributed by atoms with E-state index in [0.717, 1.165) is 0 Å². The molecular formula is C17H22N2O5. The van der Waals surface area contributed by atoms with Crippen molar-refractivity contribution in [2.75, 3.05) is 6.54 Å². The Labute approximate surface area is 139 Å². The van der Waals surface area contributed by atoms with Crippen molar-refractivity contribution >= 4 is 17.7 Å². The predicted molar refractivity (Wildman–Crippen MR) is 87.2 cm³/mol. The summed E-state index contributed by atoms with van der Waals surface area (Å²) >= 11 is 0. The number of ketones is 1. The Morgan fingerprint density at radius 3 is 2.62 bits per heavy atom. The molecule has 1 aliphatic carbocycles. The van der Waals surface area contributed by atoms with E-state index in [1.54, 1.807) is 6.92 Å². The van der Waals surface area contributed by atoms with Crippen molar-refractivity contribution in [2.24, 2.45) is 11.3 Å². The zero-order valence-electron chi connectivity index (χ0n) is 14.1. The lowest BCUT2D eigenvalue weighted by Crippen LogP contribution is -2.36. The molecule has 0 spiro atoms. The average Bonchev–Trinajstić information content (AvgIpc) is 2.42. The standard InChI is InChI=1S/C17H22N2O5/c1-9(4-14(21)22)8-18-15(23)11-5-10-12(19-16(11)24)6-17(2,3)7-13(10)20/h5,9H,4,6-8H2,1-3H3,(H,18,23)(H,19,24)(H,21,22). The van der Waals surface area contributed by atoms with Crippen LogP contribution in [0.4, 0.5) is 0 Å². The number of amides is 1. The summed E-state index contributed by atoms with van der Waals surface area (Å²) in [4.78, 5) is 49.9. The molecule has 0 fully saturated rings. The van der Waals surface area contributed by atoms with Crippen LogP contribution in [-0.2, 0) is 11.2 Å². The minimum atomic E-state index is -0.948. The smallest absolute Gasteiger partial charge is 0.303 e. The van der Waals surface area contributed by atoms with Crippen LogP contribution in [0.3, 0.4) is 0 Å². The van der Waals surface area contributed by atoms with Crippen LogP contribution in [0.1, 0.15) is 60.0 Å². The van der Waals surface area contributed by atoms with Crippen molar-refractivity contribution in [3.8, 4) is 0 Å². The van der Waals surface area contributed by atoms with Crippen LogP contribution in [0.15, 0.2) is 10.9 Å². The molecule has 0 bridgehead atoms. The highest BCUT2D eigenvalue weighted by molar-refractivity contribution is 6.02. The summed E-state index contributed by atoms with van der Waals surface area (Å²) in [5.41, 5.74) is 0.0740. The number of H-pyrrole nitrogens is 1. The lowest BCUT2D eigenvalue weighted by Gasteiger charge is -2.29. The van der Waals surface area contributed by atoms with Gasteiger partial charge in [0.1, 0.15) is 5.56 Å². The van der Waals surface area contributed by atoms with Crippen LogP contribution in [0.25, 0.3) is 0 Å². The van der Waals surface area contributed by atoms with Gasteiger partial charge in [0, 0.05) is 30.6 Å². The Morgan fingerprint density at radius 2 is 2.00 bits per heavy atom. The second-order valence-electron chi connectivity index (χ2n) is 7.26. The number of Topliss-reactive ketones (excluding diaryl/α,β-unsaturated/α-hetero) is 1. The molecule has 1 amide bonds. The molecule has 1 unspecified atom stereocenters. The van der Waals surface area contributed by atoms with Gasteiger partial charge in [-0.05, 0) is 23.8 Å². The Bertz CT molecular complexity index is 748. The number of aromatic nitrogens is 1. The summed E-state index contributed by atoms with van der Waals surface area (Å²) in [7, 11) is 0. The molecule has 1 atom stereocenters. The van der Waals surface area contributed by atoms with Gasteiger partial charge in [0.25, 0.3) is 11.5 Å². The molecule has 1 aliphatic rings. The van der Waals surface area contributed by atoms with Gasteiger partial charge in [0.05, 0.1) is 0 Å². The fourth-order valence-corrected chi connectivity index (χ4v) is 2.93. The van der Waals surface area contributed by atoms with E-state index >= 15 is 0 Å². The van der Waals surface area contributed by atoms with Crippen LogP contribution in [0.5, 0.6) is 0 Å². The van der Waals surface area contributed by atoms with Gasteiger partial charge < -0.3 is 15.4 Å². The van der Waals surface area contributed by atoms with Gasteiger partial charge in [0.15, 0.2) is 5.78 Å². The van der Waals surface area contributed by atoms with E-state index in [2.05, 4.69) is 10.3 Å². The van der Waals surface area contributed by atoms with E-state index in [0.29, 0.717) is 24.1 Å². The maximum absolute atomic E-state index is 12.3. The molecule has 7 nitrogen and oxygen atoms in total. The zero-order chi connectivity index (χ0) is 18.1.